The van der Waals surface area contributed by atoms with Gasteiger partial charge in [-0.2, -0.15) is 0 Å². The molecule has 138 valence electrons. The highest BCUT2D eigenvalue weighted by Crippen LogP contribution is 2.28. The van der Waals surface area contributed by atoms with Crippen molar-refractivity contribution in [1.29, 1.82) is 0 Å². The molecule has 2 aromatic carbocycles. The number of aromatic nitrogens is 1. The van der Waals surface area contributed by atoms with E-state index in [1.54, 1.807) is 6.08 Å². The number of sulfone groups is 1. The molecule has 0 aliphatic carbocycles. The van der Waals surface area contributed by atoms with E-state index in [4.69, 9.17) is 0 Å². The lowest BCUT2D eigenvalue weighted by molar-refractivity contribution is 0.0989. The number of hydrogen-bond donors (Lipinski definition) is 0. The lowest BCUT2D eigenvalue weighted by Gasteiger charge is -2.18. The summed E-state index contributed by atoms with van der Waals surface area (Å²) in [5.41, 5.74) is 2.16. The van der Waals surface area contributed by atoms with Crippen molar-refractivity contribution in [3.05, 3.63) is 78.2 Å². The van der Waals surface area contributed by atoms with Crippen LogP contribution in [0, 0.1) is 0 Å². The number of benzene rings is 2. The summed E-state index contributed by atoms with van der Waals surface area (Å²) in [6.07, 6.45) is 2.76. The van der Waals surface area contributed by atoms with Crippen LogP contribution >= 0.6 is 11.3 Å². The maximum Gasteiger partial charge on any atom is 0.260 e. The number of anilines is 1. The number of hydrogen-bond acceptors (Lipinski definition) is 5. The zero-order valence-corrected chi connectivity index (χ0v) is 16.3. The van der Waals surface area contributed by atoms with Gasteiger partial charge in [-0.1, -0.05) is 36.4 Å². The summed E-state index contributed by atoms with van der Waals surface area (Å²) >= 11 is 1.37. The van der Waals surface area contributed by atoms with E-state index in [1.165, 1.54) is 40.5 Å². The van der Waals surface area contributed by atoms with Crippen LogP contribution in [-0.4, -0.2) is 32.1 Å². The Morgan fingerprint density at radius 2 is 1.81 bits per heavy atom. The molecule has 0 saturated heterocycles. The van der Waals surface area contributed by atoms with Gasteiger partial charge in [0.25, 0.3) is 5.91 Å². The first-order chi connectivity index (χ1) is 12.9. The third-order valence-electron chi connectivity index (χ3n) is 3.88. The smallest absolute Gasteiger partial charge is 0.260 e. The van der Waals surface area contributed by atoms with Crippen LogP contribution in [-0.2, 0) is 9.84 Å². The Balaban J connectivity index is 1.90. The van der Waals surface area contributed by atoms with Crippen LogP contribution in [0.2, 0.25) is 0 Å². The first-order valence-electron chi connectivity index (χ1n) is 8.14. The van der Waals surface area contributed by atoms with E-state index in [0.29, 0.717) is 17.2 Å². The van der Waals surface area contributed by atoms with E-state index in [0.717, 1.165) is 17.5 Å². The minimum Gasteiger partial charge on any atom is -0.280 e. The van der Waals surface area contributed by atoms with Gasteiger partial charge in [-0.15, -0.1) is 17.9 Å². The number of carbonyl (C=O) groups excluding carboxylic acids is 1. The second kappa shape index (κ2) is 7.85. The molecule has 3 aromatic rings. The SMILES string of the molecule is C=CCN(C(=O)c1ccc(S(C)(=O)=O)cc1)c1nc(-c2ccccc2)cs1. The normalized spacial score (nSPS) is 11.1. The van der Waals surface area contributed by atoms with E-state index < -0.39 is 9.84 Å². The largest absolute Gasteiger partial charge is 0.280 e. The van der Waals surface area contributed by atoms with Crippen molar-refractivity contribution in [1.82, 2.24) is 4.98 Å². The first kappa shape index (κ1) is 19.0. The molecule has 0 saturated carbocycles. The van der Waals surface area contributed by atoms with Gasteiger partial charge in [0, 0.05) is 29.3 Å². The summed E-state index contributed by atoms with van der Waals surface area (Å²) in [7, 11) is -3.31. The predicted molar refractivity (Wildman–Crippen MR) is 109 cm³/mol. The van der Waals surface area contributed by atoms with Gasteiger partial charge in [0.05, 0.1) is 10.6 Å². The number of amides is 1. The van der Waals surface area contributed by atoms with E-state index in [2.05, 4.69) is 11.6 Å². The van der Waals surface area contributed by atoms with Crippen molar-refractivity contribution < 1.29 is 13.2 Å². The predicted octanol–water partition coefficient (Wildman–Crippen LogP) is 4.05. The molecule has 5 nitrogen and oxygen atoms in total. The van der Waals surface area contributed by atoms with Crippen LogP contribution in [0.5, 0.6) is 0 Å². The molecule has 0 atom stereocenters. The van der Waals surface area contributed by atoms with Gasteiger partial charge >= 0.3 is 0 Å². The fraction of sp³-hybridized carbons (Fsp3) is 0.100. The van der Waals surface area contributed by atoms with Gasteiger partial charge in [-0.25, -0.2) is 13.4 Å². The molecule has 0 aliphatic heterocycles. The summed E-state index contributed by atoms with van der Waals surface area (Å²) in [6.45, 7) is 4.02. The summed E-state index contributed by atoms with van der Waals surface area (Å²) in [5.74, 6) is -0.260. The van der Waals surface area contributed by atoms with Crippen molar-refractivity contribution >= 4 is 32.2 Å². The topological polar surface area (TPSA) is 67.3 Å². The Kier molecular flexibility index (Phi) is 5.53. The van der Waals surface area contributed by atoms with Crippen LogP contribution in [0.4, 0.5) is 5.13 Å². The number of rotatable bonds is 6. The van der Waals surface area contributed by atoms with E-state index in [1.807, 2.05) is 35.7 Å². The summed E-state index contributed by atoms with van der Waals surface area (Å²) in [5, 5.41) is 2.46. The fourth-order valence-electron chi connectivity index (χ4n) is 2.51. The average molecular weight is 399 g/mol. The summed E-state index contributed by atoms with van der Waals surface area (Å²) in [4.78, 5) is 19.2. The summed E-state index contributed by atoms with van der Waals surface area (Å²) in [6, 6.07) is 15.6. The van der Waals surface area contributed by atoms with Crippen LogP contribution in [0.25, 0.3) is 11.3 Å². The van der Waals surface area contributed by atoms with Gasteiger partial charge < -0.3 is 0 Å². The van der Waals surface area contributed by atoms with Crippen molar-refractivity contribution in [2.24, 2.45) is 0 Å². The lowest BCUT2D eigenvalue weighted by atomic mass is 10.2. The second-order valence-electron chi connectivity index (χ2n) is 5.88. The molecule has 0 unspecified atom stereocenters. The fourth-order valence-corrected chi connectivity index (χ4v) is 3.98. The zero-order chi connectivity index (χ0) is 19.4. The molecule has 0 fully saturated rings. The van der Waals surface area contributed by atoms with Gasteiger partial charge in [0.1, 0.15) is 0 Å². The first-order valence-corrected chi connectivity index (χ1v) is 10.9. The van der Waals surface area contributed by atoms with Crippen molar-refractivity contribution in [3.8, 4) is 11.3 Å². The Morgan fingerprint density at radius 1 is 1.15 bits per heavy atom. The third kappa shape index (κ3) is 4.32. The Hall–Kier alpha value is -2.77. The number of nitrogens with zero attached hydrogens (tertiary/aromatic N) is 2. The van der Waals surface area contributed by atoms with Gasteiger partial charge in [0.15, 0.2) is 15.0 Å². The minimum atomic E-state index is -3.31. The molecule has 1 heterocycles. The van der Waals surface area contributed by atoms with Gasteiger partial charge in [-0.05, 0) is 24.3 Å². The minimum absolute atomic E-state index is 0.176. The molecular formula is C20H18N2O3S2. The van der Waals surface area contributed by atoms with Crippen molar-refractivity contribution in [3.63, 3.8) is 0 Å². The Labute approximate surface area is 162 Å². The molecule has 0 aliphatic rings. The lowest BCUT2D eigenvalue weighted by Crippen LogP contribution is -2.31. The van der Waals surface area contributed by atoms with Crippen LogP contribution in [0.3, 0.4) is 0 Å². The molecule has 0 N–H and O–H groups in total. The van der Waals surface area contributed by atoms with Gasteiger partial charge in [-0.3, -0.25) is 9.69 Å². The van der Waals surface area contributed by atoms with Crippen LogP contribution < -0.4 is 4.90 Å². The van der Waals surface area contributed by atoms with E-state index in [-0.39, 0.29) is 10.8 Å². The molecule has 1 amide bonds. The monoisotopic (exact) mass is 398 g/mol. The molecule has 0 spiro atoms. The number of carbonyl (C=O) groups is 1. The molecule has 1 aromatic heterocycles. The van der Waals surface area contributed by atoms with Gasteiger partial charge in [0.2, 0.25) is 0 Å². The summed E-state index contributed by atoms with van der Waals surface area (Å²) < 4.78 is 23.2. The zero-order valence-electron chi connectivity index (χ0n) is 14.7. The molecule has 27 heavy (non-hydrogen) atoms. The van der Waals surface area contributed by atoms with Crippen molar-refractivity contribution in [2.45, 2.75) is 4.90 Å². The van der Waals surface area contributed by atoms with E-state index in [9.17, 15) is 13.2 Å². The van der Waals surface area contributed by atoms with Crippen LogP contribution in [0.1, 0.15) is 10.4 Å². The maximum atomic E-state index is 12.9. The molecule has 0 bridgehead atoms. The second-order valence-corrected chi connectivity index (χ2v) is 8.73. The molecule has 3 rings (SSSR count). The van der Waals surface area contributed by atoms with Crippen molar-refractivity contribution in [2.75, 3.05) is 17.7 Å². The highest BCUT2D eigenvalue weighted by atomic mass is 32.2. The Bertz CT molecular complexity index is 1060. The molecule has 0 radical (unpaired) electrons. The van der Waals surface area contributed by atoms with Crippen LogP contribution in [0.15, 0.2) is 77.5 Å². The average Bonchev–Trinajstić information content (AvgIpc) is 3.15. The third-order valence-corrected chi connectivity index (χ3v) is 5.87. The van der Waals surface area contributed by atoms with E-state index >= 15 is 0 Å². The molecular weight excluding hydrogens is 380 g/mol. The quantitative estimate of drug-likeness (QED) is 0.588. The maximum absolute atomic E-state index is 12.9. The highest BCUT2D eigenvalue weighted by molar-refractivity contribution is 7.90. The molecule has 7 heteroatoms. The Morgan fingerprint density at radius 3 is 2.41 bits per heavy atom. The standard InChI is InChI=1S/C20H18N2O3S2/c1-3-13-22(19(23)16-9-11-17(12-10-16)27(2,24)25)20-21-18(14-26-20)15-7-5-4-6-8-15/h3-12,14H,1,13H2,2H3. The highest BCUT2D eigenvalue weighted by Gasteiger charge is 2.20. The number of thiazole rings is 1.